The number of ether oxygens (including phenoxy) is 3. The molecule has 40 heavy (non-hydrogen) atoms. The van der Waals surface area contributed by atoms with Gasteiger partial charge in [-0.25, -0.2) is 9.59 Å². The number of nitrogens with two attached hydrogens (primary N) is 1. The lowest BCUT2D eigenvalue weighted by atomic mass is 9.89. The third-order valence-corrected chi connectivity index (χ3v) is 7.18. The van der Waals surface area contributed by atoms with Gasteiger partial charge in [0.15, 0.2) is 11.5 Å². The zero-order chi connectivity index (χ0) is 27.6. The third kappa shape index (κ3) is 5.15. The summed E-state index contributed by atoms with van der Waals surface area (Å²) >= 11 is 0. The van der Waals surface area contributed by atoms with E-state index >= 15 is 0 Å². The largest absolute Gasteiger partial charge is 0.457 e. The number of anilines is 1. The van der Waals surface area contributed by atoms with E-state index in [0.717, 1.165) is 16.7 Å². The number of nitrogen functional groups attached to an aromatic ring is 1. The molecule has 10 heteroatoms. The van der Waals surface area contributed by atoms with Crippen molar-refractivity contribution < 1.29 is 28.6 Å². The van der Waals surface area contributed by atoms with Gasteiger partial charge < -0.3 is 35.9 Å². The van der Waals surface area contributed by atoms with Crippen LogP contribution in [-0.2, 0) is 29.0 Å². The Labute approximate surface area is 230 Å². The molecule has 3 aromatic rings. The number of fused-ring (bicyclic) bond motifs is 2. The number of nitrogens with one attached hydrogen (secondary N) is 3. The average molecular weight is 541 g/mol. The number of hydrogen-bond donors (Lipinski definition) is 4. The fraction of sp³-hybridized carbons (Fsp3) is 0.233. The molecule has 6 rings (SSSR count). The zero-order valence-corrected chi connectivity index (χ0v) is 21.6. The van der Waals surface area contributed by atoms with Crippen molar-refractivity contribution in [3.05, 3.63) is 99.8 Å². The van der Waals surface area contributed by atoms with Gasteiger partial charge in [0.1, 0.15) is 6.61 Å². The lowest BCUT2D eigenvalue weighted by Crippen LogP contribution is -2.46. The Hall–Kier alpha value is -4.99. The number of carbonyl (C=O) groups is 3. The minimum absolute atomic E-state index is 0.0217. The highest BCUT2D eigenvalue weighted by molar-refractivity contribution is 5.97. The van der Waals surface area contributed by atoms with Gasteiger partial charge in [0.25, 0.3) is 5.91 Å². The van der Waals surface area contributed by atoms with Crippen LogP contribution in [0.25, 0.3) is 0 Å². The monoisotopic (exact) mass is 540 g/mol. The molecule has 0 radical (unpaired) electrons. The Kier molecular flexibility index (Phi) is 6.73. The minimum atomic E-state index is -0.760. The van der Waals surface area contributed by atoms with Crippen LogP contribution >= 0.6 is 0 Å². The predicted octanol–water partition coefficient (Wildman–Crippen LogP) is 3.27. The molecule has 0 spiro atoms. The number of urea groups is 1. The highest BCUT2D eigenvalue weighted by Gasteiger charge is 2.34. The number of aryl methyl sites for hydroxylation is 1. The molecule has 3 aliphatic rings. The molecule has 10 nitrogen and oxygen atoms in total. The van der Waals surface area contributed by atoms with E-state index in [1.165, 1.54) is 0 Å². The second kappa shape index (κ2) is 10.6. The zero-order valence-electron chi connectivity index (χ0n) is 21.6. The van der Waals surface area contributed by atoms with Gasteiger partial charge in [0, 0.05) is 23.5 Å². The van der Waals surface area contributed by atoms with Crippen molar-refractivity contribution in [2.24, 2.45) is 0 Å². The molecule has 0 aromatic heterocycles. The molecule has 5 N–H and O–H groups in total. The molecule has 3 amide bonds. The van der Waals surface area contributed by atoms with E-state index in [0.29, 0.717) is 65.4 Å². The summed E-state index contributed by atoms with van der Waals surface area (Å²) in [6.45, 7) is 0.728. The van der Waals surface area contributed by atoms with E-state index in [1.807, 2.05) is 30.3 Å². The topological polar surface area (TPSA) is 141 Å². The van der Waals surface area contributed by atoms with Gasteiger partial charge >= 0.3 is 12.0 Å². The van der Waals surface area contributed by atoms with Crippen LogP contribution in [0.5, 0.6) is 11.5 Å². The van der Waals surface area contributed by atoms with Crippen molar-refractivity contribution in [2.45, 2.75) is 31.9 Å². The second-order valence-corrected chi connectivity index (χ2v) is 9.85. The van der Waals surface area contributed by atoms with Crippen LogP contribution in [0.15, 0.2) is 71.9 Å². The average Bonchev–Trinajstić information content (AvgIpc) is 3.42. The Bertz CT molecular complexity index is 1550. The van der Waals surface area contributed by atoms with Crippen LogP contribution in [0.1, 0.15) is 45.1 Å². The molecule has 0 fully saturated rings. The molecule has 3 aliphatic heterocycles. The second-order valence-electron chi connectivity index (χ2n) is 9.85. The Morgan fingerprint density at radius 1 is 0.975 bits per heavy atom. The van der Waals surface area contributed by atoms with Gasteiger partial charge in [0.05, 0.1) is 11.6 Å². The molecule has 0 aliphatic carbocycles. The lowest BCUT2D eigenvalue weighted by Gasteiger charge is -2.30. The summed E-state index contributed by atoms with van der Waals surface area (Å²) in [7, 11) is 0. The first-order valence-corrected chi connectivity index (χ1v) is 13.1. The van der Waals surface area contributed by atoms with Crippen LogP contribution in [-0.4, -0.2) is 31.2 Å². The smallest absolute Gasteiger partial charge is 0.338 e. The molecular weight excluding hydrogens is 512 g/mol. The van der Waals surface area contributed by atoms with Crippen LogP contribution in [0.3, 0.4) is 0 Å². The fourth-order valence-electron chi connectivity index (χ4n) is 5.21. The minimum Gasteiger partial charge on any atom is -0.457 e. The molecule has 0 saturated heterocycles. The van der Waals surface area contributed by atoms with Gasteiger partial charge in [-0.3, -0.25) is 4.79 Å². The number of hydrogen-bond acceptors (Lipinski definition) is 7. The summed E-state index contributed by atoms with van der Waals surface area (Å²) in [4.78, 5) is 38.8. The van der Waals surface area contributed by atoms with E-state index in [2.05, 4.69) is 16.0 Å². The first kappa shape index (κ1) is 25.3. The summed E-state index contributed by atoms with van der Waals surface area (Å²) in [5.74, 6) is 0.656. The van der Waals surface area contributed by atoms with Gasteiger partial charge in [-0.15, -0.1) is 0 Å². The van der Waals surface area contributed by atoms with Crippen molar-refractivity contribution in [2.75, 3.05) is 19.1 Å². The molecule has 204 valence electrons. The maximum Gasteiger partial charge on any atom is 0.338 e. The number of esters is 1. The SMILES string of the molecule is Nc1cccc(COC(=O)C2=C(CCc3ccc4c(c3)OCO4)NC(=O)NC2c2ccc3c(c2)CCNC3=O)c1. The molecule has 1 atom stereocenters. The van der Waals surface area contributed by atoms with Crippen molar-refractivity contribution in [3.63, 3.8) is 0 Å². The first-order chi connectivity index (χ1) is 19.4. The molecular formula is C30H28N4O6. The molecule has 3 aromatic carbocycles. The first-order valence-electron chi connectivity index (χ1n) is 13.1. The normalized spacial score (nSPS) is 17.4. The van der Waals surface area contributed by atoms with Gasteiger partial charge in [0.2, 0.25) is 6.79 Å². The highest BCUT2D eigenvalue weighted by Crippen LogP contribution is 2.35. The lowest BCUT2D eigenvalue weighted by molar-refractivity contribution is -0.140. The highest BCUT2D eigenvalue weighted by atomic mass is 16.7. The van der Waals surface area contributed by atoms with Crippen LogP contribution in [0, 0.1) is 0 Å². The summed E-state index contributed by atoms with van der Waals surface area (Å²) in [5.41, 5.74) is 11.1. The Morgan fingerprint density at radius 2 is 1.85 bits per heavy atom. The van der Waals surface area contributed by atoms with Gasteiger partial charge in [-0.05, 0) is 71.8 Å². The summed E-state index contributed by atoms with van der Waals surface area (Å²) in [6, 6.07) is 17.0. The fourth-order valence-corrected chi connectivity index (χ4v) is 5.21. The van der Waals surface area contributed by atoms with Crippen LogP contribution < -0.4 is 31.2 Å². The number of rotatable bonds is 7. The maximum absolute atomic E-state index is 13.7. The van der Waals surface area contributed by atoms with Gasteiger partial charge in [-0.2, -0.15) is 0 Å². The van der Waals surface area contributed by atoms with E-state index in [1.54, 1.807) is 30.3 Å². The maximum atomic E-state index is 13.7. The van der Waals surface area contributed by atoms with Crippen molar-refractivity contribution >= 4 is 23.6 Å². The van der Waals surface area contributed by atoms with Crippen molar-refractivity contribution in [1.82, 2.24) is 16.0 Å². The van der Waals surface area contributed by atoms with Crippen molar-refractivity contribution in [1.29, 1.82) is 0 Å². The Balaban J connectivity index is 1.33. The predicted molar refractivity (Wildman–Crippen MR) is 145 cm³/mol. The number of allylic oxidation sites excluding steroid dienone is 1. The van der Waals surface area contributed by atoms with E-state index < -0.39 is 18.0 Å². The summed E-state index contributed by atoms with van der Waals surface area (Å²) in [6.07, 6.45) is 1.57. The van der Waals surface area contributed by atoms with E-state index in [-0.39, 0.29) is 19.3 Å². The molecule has 3 heterocycles. The van der Waals surface area contributed by atoms with Crippen LogP contribution in [0.2, 0.25) is 0 Å². The van der Waals surface area contributed by atoms with E-state index in [4.69, 9.17) is 19.9 Å². The van der Waals surface area contributed by atoms with Crippen molar-refractivity contribution in [3.8, 4) is 11.5 Å². The Morgan fingerprint density at radius 3 is 2.73 bits per heavy atom. The standard InChI is InChI=1S/C30H28N4O6/c31-21-3-1-2-18(12-21)15-38-29(36)26-23(8-4-17-5-9-24-25(13-17)40-16-39-24)33-30(37)34-27(26)20-6-7-22-19(14-20)10-11-32-28(22)35/h1-3,5-7,9,12-14,27H,4,8,10-11,15-16,31H2,(H,32,35)(H2,33,34,37). The van der Waals surface area contributed by atoms with E-state index in [9.17, 15) is 14.4 Å². The summed E-state index contributed by atoms with van der Waals surface area (Å²) in [5, 5.41) is 8.55. The molecule has 0 saturated carbocycles. The number of carbonyl (C=O) groups excluding carboxylic acids is 3. The number of amides is 3. The summed E-state index contributed by atoms with van der Waals surface area (Å²) < 4.78 is 16.6. The van der Waals surface area contributed by atoms with Gasteiger partial charge in [-0.1, -0.05) is 30.3 Å². The third-order valence-electron chi connectivity index (χ3n) is 7.18. The van der Waals surface area contributed by atoms with Crippen LogP contribution in [0.4, 0.5) is 10.5 Å². The number of benzene rings is 3. The molecule has 0 bridgehead atoms. The molecule has 1 unspecified atom stereocenters. The quantitative estimate of drug-likeness (QED) is 0.266.